The van der Waals surface area contributed by atoms with Crippen LogP contribution in [0.5, 0.6) is 0 Å². The number of benzene rings is 2. The maximum absolute atomic E-state index is 12.4. The zero-order valence-electron chi connectivity index (χ0n) is 14.3. The number of likely N-dealkylation sites (N-methyl/N-ethyl adjacent to an activating group) is 1. The largest absolute Gasteiger partial charge is 0.323 e. The molecule has 2 N–H and O–H groups in total. The lowest BCUT2D eigenvalue weighted by atomic mass is 9.85. The fraction of sp³-hybridized carbons (Fsp3) is 0.263. The number of hydrogen-bond donors (Lipinski definition) is 2. The molecule has 2 aromatic rings. The van der Waals surface area contributed by atoms with Gasteiger partial charge < -0.3 is 15.5 Å². The Morgan fingerprint density at radius 1 is 1.04 bits per heavy atom. The molecule has 0 saturated heterocycles. The Kier molecular flexibility index (Phi) is 3.79. The lowest BCUT2D eigenvalue weighted by Crippen LogP contribution is -2.33. The van der Waals surface area contributed by atoms with Crippen molar-refractivity contribution in [3.8, 4) is 0 Å². The monoisotopic (exact) mass is 323 g/mol. The summed E-state index contributed by atoms with van der Waals surface area (Å²) in [7, 11) is 1.79. The van der Waals surface area contributed by atoms with Crippen molar-refractivity contribution in [1.82, 2.24) is 0 Å². The van der Waals surface area contributed by atoms with Crippen molar-refractivity contribution < 1.29 is 9.59 Å². The summed E-state index contributed by atoms with van der Waals surface area (Å²) >= 11 is 0. The number of urea groups is 1. The molecule has 1 heterocycles. The molecular weight excluding hydrogens is 302 g/mol. The molecule has 0 radical (unpaired) electrons. The zero-order chi connectivity index (χ0) is 17.5. The van der Waals surface area contributed by atoms with E-state index in [1.807, 2.05) is 63.2 Å². The van der Waals surface area contributed by atoms with Crippen molar-refractivity contribution in [3.63, 3.8) is 0 Å². The Hall–Kier alpha value is -2.82. The molecule has 0 fully saturated rings. The van der Waals surface area contributed by atoms with Crippen LogP contribution < -0.4 is 15.5 Å². The molecule has 2 aromatic carbocycles. The van der Waals surface area contributed by atoms with Crippen LogP contribution in [0.3, 0.4) is 0 Å². The fourth-order valence-corrected chi connectivity index (χ4v) is 3.22. The maximum Gasteiger partial charge on any atom is 0.323 e. The van der Waals surface area contributed by atoms with E-state index in [2.05, 4.69) is 10.6 Å². The molecule has 5 heteroatoms. The first kappa shape index (κ1) is 16.1. The van der Waals surface area contributed by atoms with Gasteiger partial charge in [0.2, 0.25) is 5.91 Å². The molecule has 0 spiro atoms. The molecular formula is C19H21N3O2. The average Bonchev–Trinajstić information content (AvgIpc) is 2.69. The van der Waals surface area contributed by atoms with Crippen LogP contribution in [0.4, 0.5) is 21.9 Å². The Bertz CT molecular complexity index is 813. The highest BCUT2D eigenvalue weighted by molar-refractivity contribution is 6.09. The highest BCUT2D eigenvalue weighted by Gasteiger charge is 2.43. The summed E-state index contributed by atoms with van der Waals surface area (Å²) in [5, 5.41) is 5.64. The minimum atomic E-state index is -0.595. The van der Waals surface area contributed by atoms with Gasteiger partial charge in [-0.1, -0.05) is 18.2 Å². The van der Waals surface area contributed by atoms with Gasteiger partial charge in [-0.2, -0.15) is 0 Å². The van der Waals surface area contributed by atoms with Crippen LogP contribution in [0.15, 0.2) is 42.5 Å². The summed E-state index contributed by atoms with van der Waals surface area (Å²) in [5.74, 6) is 0.0616. The number of amides is 3. The van der Waals surface area contributed by atoms with Crippen LogP contribution in [-0.4, -0.2) is 19.0 Å². The fourth-order valence-electron chi connectivity index (χ4n) is 3.22. The van der Waals surface area contributed by atoms with Crippen LogP contribution in [0, 0.1) is 6.92 Å². The molecule has 1 aliphatic rings. The first-order valence-electron chi connectivity index (χ1n) is 7.87. The number of para-hydroxylation sites is 1. The highest BCUT2D eigenvalue weighted by atomic mass is 16.2. The molecule has 1 aliphatic heterocycles. The Morgan fingerprint density at radius 3 is 2.33 bits per heavy atom. The highest BCUT2D eigenvalue weighted by Crippen LogP contribution is 2.44. The molecule has 0 aliphatic carbocycles. The first-order valence-corrected chi connectivity index (χ1v) is 7.87. The van der Waals surface area contributed by atoms with Crippen LogP contribution in [0.25, 0.3) is 0 Å². The number of carbonyl (C=O) groups excluding carboxylic acids is 2. The van der Waals surface area contributed by atoms with Crippen molar-refractivity contribution in [2.24, 2.45) is 0 Å². The Balaban J connectivity index is 1.86. The van der Waals surface area contributed by atoms with Crippen LogP contribution >= 0.6 is 0 Å². The zero-order valence-corrected chi connectivity index (χ0v) is 14.3. The molecule has 0 bridgehead atoms. The number of aryl methyl sites for hydroxylation is 1. The standard InChI is InChI=1S/C19H21N3O2/c1-12-10-14(21-18(24)20-13-8-6-5-7-9-13)11-15-16(12)22(4)17(23)19(15,2)3/h5-11H,1-4H3,(H2,20,21,24). The summed E-state index contributed by atoms with van der Waals surface area (Å²) in [5.41, 5.74) is 3.63. The minimum Gasteiger partial charge on any atom is -0.314 e. The topological polar surface area (TPSA) is 61.4 Å². The van der Waals surface area contributed by atoms with Gasteiger partial charge in [0.15, 0.2) is 0 Å². The third kappa shape index (κ3) is 2.62. The quantitative estimate of drug-likeness (QED) is 0.880. The van der Waals surface area contributed by atoms with Gasteiger partial charge in [0, 0.05) is 18.4 Å². The van der Waals surface area contributed by atoms with Gasteiger partial charge in [-0.3, -0.25) is 4.79 Å². The second kappa shape index (κ2) is 5.67. The van der Waals surface area contributed by atoms with Crippen molar-refractivity contribution in [2.45, 2.75) is 26.2 Å². The third-order valence-electron chi connectivity index (χ3n) is 4.44. The van der Waals surface area contributed by atoms with Crippen molar-refractivity contribution in [1.29, 1.82) is 0 Å². The number of carbonyl (C=O) groups is 2. The minimum absolute atomic E-state index is 0.0616. The lowest BCUT2D eigenvalue weighted by molar-refractivity contribution is -0.121. The van der Waals surface area contributed by atoms with Gasteiger partial charge >= 0.3 is 6.03 Å². The number of nitrogens with one attached hydrogen (secondary N) is 2. The van der Waals surface area contributed by atoms with E-state index in [1.54, 1.807) is 11.9 Å². The van der Waals surface area contributed by atoms with E-state index in [0.29, 0.717) is 5.69 Å². The third-order valence-corrected chi connectivity index (χ3v) is 4.44. The average molecular weight is 323 g/mol. The molecule has 3 amide bonds. The predicted molar refractivity (Wildman–Crippen MR) is 96.7 cm³/mol. The van der Waals surface area contributed by atoms with E-state index in [1.165, 1.54) is 0 Å². The Labute approximate surface area is 141 Å². The van der Waals surface area contributed by atoms with Crippen molar-refractivity contribution in [3.05, 3.63) is 53.6 Å². The second-order valence-electron chi connectivity index (χ2n) is 6.62. The normalized spacial score (nSPS) is 15.2. The van der Waals surface area contributed by atoms with Gasteiger partial charge in [0.1, 0.15) is 0 Å². The molecule has 3 rings (SSSR count). The molecule has 124 valence electrons. The Morgan fingerprint density at radius 2 is 1.67 bits per heavy atom. The number of nitrogens with zero attached hydrogens (tertiary/aromatic N) is 1. The van der Waals surface area contributed by atoms with Gasteiger partial charge in [-0.05, 0) is 56.2 Å². The molecule has 0 unspecified atom stereocenters. The van der Waals surface area contributed by atoms with E-state index >= 15 is 0 Å². The van der Waals surface area contributed by atoms with E-state index in [9.17, 15) is 9.59 Å². The predicted octanol–water partition coefficient (Wildman–Crippen LogP) is 3.89. The van der Waals surface area contributed by atoms with E-state index in [4.69, 9.17) is 0 Å². The summed E-state index contributed by atoms with van der Waals surface area (Å²) < 4.78 is 0. The first-order chi connectivity index (χ1) is 11.3. The van der Waals surface area contributed by atoms with E-state index < -0.39 is 5.41 Å². The van der Waals surface area contributed by atoms with Gasteiger partial charge in [0.25, 0.3) is 0 Å². The summed E-state index contributed by atoms with van der Waals surface area (Å²) in [4.78, 5) is 26.3. The number of fused-ring (bicyclic) bond motifs is 1. The number of hydrogen-bond acceptors (Lipinski definition) is 2. The van der Waals surface area contributed by atoms with Crippen LogP contribution in [0.1, 0.15) is 25.0 Å². The van der Waals surface area contributed by atoms with Gasteiger partial charge in [0.05, 0.1) is 11.1 Å². The molecule has 0 saturated carbocycles. The van der Waals surface area contributed by atoms with E-state index in [0.717, 1.165) is 22.5 Å². The van der Waals surface area contributed by atoms with Crippen molar-refractivity contribution in [2.75, 3.05) is 22.6 Å². The second-order valence-corrected chi connectivity index (χ2v) is 6.62. The van der Waals surface area contributed by atoms with E-state index in [-0.39, 0.29) is 11.9 Å². The molecule has 24 heavy (non-hydrogen) atoms. The smallest absolute Gasteiger partial charge is 0.314 e. The summed E-state index contributed by atoms with van der Waals surface area (Å²) in [6, 6.07) is 12.7. The number of rotatable bonds is 2. The van der Waals surface area contributed by atoms with Crippen LogP contribution in [-0.2, 0) is 10.2 Å². The molecule has 0 atom stereocenters. The maximum atomic E-state index is 12.4. The van der Waals surface area contributed by atoms with Gasteiger partial charge in [-0.15, -0.1) is 0 Å². The number of anilines is 3. The summed E-state index contributed by atoms with van der Waals surface area (Å²) in [6.07, 6.45) is 0. The SMILES string of the molecule is Cc1cc(NC(=O)Nc2ccccc2)cc2c1N(C)C(=O)C2(C)C. The van der Waals surface area contributed by atoms with Crippen LogP contribution in [0.2, 0.25) is 0 Å². The molecule has 5 nitrogen and oxygen atoms in total. The van der Waals surface area contributed by atoms with Crippen molar-refractivity contribution >= 4 is 29.0 Å². The lowest BCUT2D eigenvalue weighted by Gasteiger charge is -2.17. The molecule has 0 aromatic heterocycles. The summed E-state index contributed by atoms with van der Waals surface area (Å²) in [6.45, 7) is 5.76. The van der Waals surface area contributed by atoms with Gasteiger partial charge in [-0.25, -0.2) is 4.79 Å².